The van der Waals surface area contributed by atoms with E-state index in [1.807, 2.05) is 48.9 Å². The Kier molecular flexibility index (Phi) is 4.79. The Hall–Kier alpha value is -1.81. The van der Waals surface area contributed by atoms with Crippen molar-refractivity contribution in [3.63, 3.8) is 0 Å². The molecule has 4 nitrogen and oxygen atoms in total. The van der Waals surface area contributed by atoms with Crippen LogP contribution < -0.4 is 4.74 Å². The highest BCUT2D eigenvalue weighted by Crippen LogP contribution is 2.20. The highest BCUT2D eigenvalue weighted by molar-refractivity contribution is 5.28. The molecule has 0 radical (unpaired) electrons. The van der Waals surface area contributed by atoms with Crippen molar-refractivity contribution in [3.8, 4) is 5.75 Å². The van der Waals surface area contributed by atoms with Gasteiger partial charge in [0, 0.05) is 6.54 Å². The van der Waals surface area contributed by atoms with E-state index in [9.17, 15) is 5.11 Å². The van der Waals surface area contributed by atoms with Crippen molar-refractivity contribution in [2.45, 2.75) is 46.4 Å². The Labute approximate surface area is 120 Å². The quantitative estimate of drug-likeness (QED) is 0.879. The van der Waals surface area contributed by atoms with Gasteiger partial charge >= 0.3 is 0 Å². The molecule has 2 rings (SSSR count). The average molecular weight is 274 g/mol. The number of hydrogen-bond acceptors (Lipinski definition) is 3. The molecule has 1 atom stereocenters. The molecule has 0 aliphatic rings. The standard InChI is InChI=1S/C16H22N2O2/c1-4-16(19)13-6-8-15(9-7-13)20-11-14-10-12(3)17-18(14)5-2/h6-10,16,19H,4-5,11H2,1-3H3/t16-/m1/s1. The lowest BCUT2D eigenvalue weighted by Crippen LogP contribution is -2.06. The van der Waals surface area contributed by atoms with Gasteiger partial charge in [0.25, 0.3) is 0 Å². The summed E-state index contributed by atoms with van der Waals surface area (Å²) in [5.74, 6) is 0.804. The summed E-state index contributed by atoms with van der Waals surface area (Å²) in [5, 5.41) is 14.1. The Morgan fingerprint density at radius 2 is 1.95 bits per heavy atom. The molecule has 2 aromatic rings. The van der Waals surface area contributed by atoms with Crippen molar-refractivity contribution in [2.24, 2.45) is 0 Å². The van der Waals surface area contributed by atoms with Gasteiger partial charge in [-0.2, -0.15) is 5.10 Å². The highest BCUT2D eigenvalue weighted by Gasteiger charge is 2.06. The Balaban J connectivity index is 2.00. The minimum absolute atomic E-state index is 0.395. The van der Waals surface area contributed by atoms with Crippen LogP contribution in [0.3, 0.4) is 0 Å². The van der Waals surface area contributed by atoms with Crippen molar-refractivity contribution in [1.82, 2.24) is 9.78 Å². The van der Waals surface area contributed by atoms with Gasteiger partial charge in [-0.25, -0.2) is 0 Å². The third-order valence-corrected chi connectivity index (χ3v) is 3.32. The van der Waals surface area contributed by atoms with Gasteiger partial charge in [-0.15, -0.1) is 0 Å². The molecule has 20 heavy (non-hydrogen) atoms. The van der Waals surface area contributed by atoms with Gasteiger partial charge in [0.2, 0.25) is 0 Å². The van der Waals surface area contributed by atoms with E-state index in [2.05, 4.69) is 12.0 Å². The number of ether oxygens (including phenoxy) is 1. The van der Waals surface area contributed by atoms with Gasteiger partial charge in [-0.05, 0) is 44.0 Å². The van der Waals surface area contributed by atoms with E-state index in [0.717, 1.165) is 35.7 Å². The second kappa shape index (κ2) is 6.57. The first kappa shape index (κ1) is 14.6. The third-order valence-electron chi connectivity index (χ3n) is 3.32. The van der Waals surface area contributed by atoms with Crippen molar-refractivity contribution in [2.75, 3.05) is 0 Å². The van der Waals surface area contributed by atoms with Crippen molar-refractivity contribution in [1.29, 1.82) is 0 Å². The van der Waals surface area contributed by atoms with Crippen LogP contribution in [0.25, 0.3) is 0 Å². The molecule has 0 bridgehead atoms. The lowest BCUT2D eigenvalue weighted by atomic mass is 10.1. The molecular weight excluding hydrogens is 252 g/mol. The number of aryl methyl sites for hydroxylation is 2. The van der Waals surface area contributed by atoms with E-state index >= 15 is 0 Å². The Bertz CT molecular complexity index is 546. The highest BCUT2D eigenvalue weighted by atomic mass is 16.5. The number of nitrogens with zero attached hydrogens (tertiary/aromatic N) is 2. The SMILES string of the molecule is CC[C@@H](O)c1ccc(OCc2cc(C)nn2CC)cc1. The first-order valence-electron chi connectivity index (χ1n) is 7.08. The summed E-state index contributed by atoms with van der Waals surface area (Å²) in [5.41, 5.74) is 3.00. The summed E-state index contributed by atoms with van der Waals surface area (Å²) in [4.78, 5) is 0. The average Bonchev–Trinajstić information content (AvgIpc) is 2.85. The maximum Gasteiger partial charge on any atom is 0.130 e. The Morgan fingerprint density at radius 3 is 2.55 bits per heavy atom. The van der Waals surface area contributed by atoms with Gasteiger partial charge in [0.1, 0.15) is 12.4 Å². The second-order valence-corrected chi connectivity index (χ2v) is 4.87. The van der Waals surface area contributed by atoms with Crippen LogP contribution in [0, 0.1) is 6.92 Å². The monoisotopic (exact) mass is 274 g/mol. The fourth-order valence-corrected chi connectivity index (χ4v) is 2.17. The van der Waals surface area contributed by atoms with Gasteiger partial charge < -0.3 is 9.84 Å². The van der Waals surface area contributed by atoms with E-state index in [4.69, 9.17) is 4.74 Å². The molecule has 0 saturated carbocycles. The smallest absolute Gasteiger partial charge is 0.130 e. The molecule has 0 fully saturated rings. The maximum atomic E-state index is 9.75. The van der Waals surface area contributed by atoms with Gasteiger partial charge in [0.15, 0.2) is 0 Å². The molecule has 0 aliphatic heterocycles. The number of rotatable bonds is 6. The second-order valence-electron chi connectivity index (χ2n) is 4.87. The molecule has 1 aromatic carbocycles. The zero-order valence-corrected chi connectivity index (χ0v) is 12.3. The predicted octanol–water partition coefficient (Wildman–Crippen LogP) is 3.23. The summed E-state index contributed by atoms with van der Waals surface area (Å²) in [7, 11) is 0. The fourth-order valence-electron chi connectivity index (χ4n) is 2.17. The zero-order chi connectivity index (χ0) is 14.5. The topological polar surface area (TPSA) is 47.3 Å². The van der Waals surface area contributed by atoms with Crippen molar-refractivity contribution < 1.29 is 9.84 Å². The number of benzene rings is 1. The molecule has 0 spiro atoms. The number of aromatic nitrogens is 2. The van der Waals surface area contributed by atoms with Crippen molar-refractivity contribution in [3.05, 3.63) is 47.3 Å². The van der Waals surface area contributed by atoms with Crippen LogP contribution in [0.15, 0.2) is 30.3 Å². The first-order valence-corrected chi connectivity index (χ1v) is 7.08. The van der Waals surface area contributed by atoms with Gasteiger partial charge in [0.05, 0.1) is 17.5 Å². The largest absolute Gasteiger partial charge is 0.487 e. The van der Waals surface area contributed by atoms with Crippen LogP contribution in [0.1, 0.15) is 43.3 Å². The number of hydrogen-bond donors (Lipinski definition) is 1. The van der Waals surface area contributed by atoms with Crippen LogP contribution in [0.5, 0.6) is 5.75 Å². The van der Waals surface area contributed by atoms with Crippen LogP contribution in [0.4, 0.5) is 0 Å². The van der Waals surface area contributed by atoms with E-state index in [1.165, 1.54) is 0 Å². The van der Waals surface area contributed by atoms with Gasteiger partial charge in [-0.1, -0.05) is 19.1 Å². The van der Waals surface area contributed by atoms with E-state index in [-0.39, 0.29) is 0 Å². The molecule has 4 heteroatoms. The summed E-state index contributed by atoms with van der Waals surface area (Å²) in [6, 6.07) is 9.65. The summed E-state index contributed by atoms with van der Waals surface area (Å²) >= 11 is 0. The minimum Gasteiger partial charge on any atom is -0.487 e. The molecule has 1 heterocycles. The maximum absolute atomic E-state index is 9.75. The van der Waals surface area contributed by atoms with E-state index < -0.39 is 6.10 Å². The molecule has 108 valence electrons. The normalized spacial score (nSPS) is 12.4. The summed E-state index contributed by atoms with van der Waals surface area (Å²) < 4.78 is 7.72. The molecule has 1 N–H and O–H groups in total. The van der Waals surface area contributed by atoms with E-state index in [1.54, 1.807) is 0 Å². The molecule has 0 aliphatic carbocycles. The number of aliphatic hydroxyl groups is 1. The predicted molar refractivity (Wildman–Crippen MR) is 78.7 cm³/mol. The Morgan fingerprint density at radius 1 is 1.25 bits per heavy atom. The minimum atomic E-state index is -0.395. The number of aliphatic hydroxyl groups excluding tert-OH is 1. The molecular formula is C16H22N2O2. The van der Waals surface area contributed by atoms with Crippen LogP contribution >= 0.6 is 0 Å². The third kappa shape index (κ3) is 3.39. The molecule has 0 amide bonds. The van der Waals surface area contributed by atoms with Crippen LogP contribution in [0.2, 0.25) is 0 Å². The van der Waals surface area contributed by atoms with Crippen LogP contribution in [-0.4, -0.2) is 14.9 Å². The lowest BCUT2D eigenvalue weighted by molar-refractivity contribution is 0.173. The van der Waals surface area contributed by atoms with Crippen LogP contribution in [-0.2, 0) is 13.2 Å². The van der Waals surface area contributed by atoms with E-state index in [0.29, 0.717) is 6.61 Å². The fraction of sp³-hybridized carbons (Fsp3) is 0.438. The molecule has 0 saturated heterocycles. The zero-order valence-electron chi connectivity index (χ0n) is 12.3. The first-order chi connectivity index (χ1) is 9.63. The lowest BCUT2D eigenvalue weighted by Gasteiger charge is -2.10. The van der Waals surface area contributed by atoms with Crippen molar-refractivity contribution >= 4 is 0 Å². The molecule has 1 aromatic heterocycles. The summed E-state index contributed by atoms with van der Waals surface area (Å²) in [6.07, 6.45) is 0.322. The summed E-state index contributed by atoms with van der Waals surface area (Å²) in [6.45, 7) is 7.36. The molecule has 0 unspecified atom stereocenters. The van der Waals surface area contributed by atoms with Gasteiger partial charge in [-0.3, -0.25) is 4.68 Å².